The maximum absolute atomic E-state index is 12.7. The van der Waals surface area contributed by atoms with Crippen LogP contribution in [0.2, 0.25) is 5.28 Å². The molecule has 1 saturated heterocycles. The number of carbonyl (C=O) groups is 1. The molecule has 220 valence electrons. The van der Waals surface area contributed by atoms with Crippen LogP contribution in [-0.2, 0) is 13.9 Å². The third kappa shape index (κ3) is 5.42. The zero-order valence-corrected chi connectivity index (χ0v) is 24.0. The van der Waals surface area contributed by atoms with Crippen molar-refractivity contribution < 1.29 is 43.6 Å². The first-order valence-corrected chi connectivity index (χ1v) is 16.8. The summed E-state index contributed by atoms with van der Waals surface area (Å²) in [7, 11) is -8.96. The quantitative estimate of drug-likeness (QED) is 0.107. The van der Waals surface area contributed by atoms with E-state index in [1.54, 1.807) is 24.3 Å². The second-order valence-electron chi connectivity index (χ2n) is 10.1. The van der Waals surface area contributed by atoms with Gasteiger partial charge in [0.05, 0.1) is 12.4 Å². The standard InChI is InChI=1S/C25H24ClN5O9P2/c26-25-29-22(28-12-5-6-15-16(9-12)13-3-1-2-4-14(13)19(15)32)18-23(30-25)31(10-27-18)24-21(34)20(33)17(40-24)7-8-41(35,36)11-42(37,38)39/h1-6,9-10,17,20-21,24,33-34H,7-8,11H2,(H,35,36)(H,28,29,30)(H2,37,38,39). The van der Waals surface area contributed by atoms with Crippen molar-refractivity contribution in [3.63, 3.8) is 0 Å². The lowest BCUT2D eigenvalue weighted by molar-refractivity contribution is -0.0354. The number of aliphatic hydroxyl groups is 2. The summed E-state index contributed by atoms with van der Waals surface area (Å²) in [5, 5.41) is 24.3. The highest BCUT2D eigenvalue weighted by atomic mass is 35.5. The van der Waals surface area contributed by atoms with Gasteiger partial charge in [0.25, 0.3) is 0 Å². The molecule has 5 unspecified atom stereocenters. The van der Waals surface area contributed by atoms with Gasteiger partial charge in [-0.2, -0.15) is 9.97 Å². The topological polar surface area (TPSA) is 217 Å². The molecule has 1 fully saturated rings. The summed E-state index contributed by atoms with van der Waals surface area (Å²) in [4.78, 5) is 53.6. The average Bonchev–Trinajstić information content (AvgIpc) is 3.54. The maximum Gasteiger partial charge on any atom is 0.335 e. The number of imidazole rings is 1. The number of ketones is 1. The van der Waals surface area contributed by atoms with E-state index >= 15 is 0 Å². The van der Waals surface area contributed by atoms with Crippen LogP contribution < -0.4 is 5.32 Å². The fraction of sp³-hybridized carbons (Fsp3) is 0.280. The fourth-order valence-corrected chi connectivity index (χ4v) is 8.98. The molecule has 0 bridgehead atoms. The molecular formula is C25H24ClN5O9P2. The highest BCUT2D eigenvalue weighted by molar-refractivity contribution is 7.72. The number of ether oxygens (including phenoxy) is 1. The van der Waals surface area contributed by atoms with Crippen LogP contribution in [0.1, 0.15) is 28.6 Å². The van der Waals surface area contributed by atoms with E-state index in [1.807, 2.05) is 18.2 Å². The van der Waals surface area contributed by atoms with Gasteiger partial charge in [-0.3, -0.25) is 18.5 Å². The number of carbonyl (C=O) groups excluding carboxylic acids is 1. The second kappa shape index (κ2) is 10.6. The Morgan fingerprint density at radius 1 is 0.976 bits per heavy atom. The molecule has 14 nitrogen and oxygen atoms in total. The smallest absolute Gasteiger partial charge is 0.335 e. The number of aliphatic hydroxyl groups excluding tert-OH is 2. The lowest BCUT2D eigenvalue weighted by Crippen LogP contribution is -2.32. The Kier molecular flexibility index (Phi) is 7.33. The van der Waals surface area contributed by atoms with Gasteiger partial charge in [0.2, 0.25) is 12.7 Å². The highest BCUT2D eigenvalue weighted by Gasteiger charge is 2.45. The van der Waals surface area contributed by atoms with E-state index in [0.717, 1.165) is 11.1 Å². The number of rotatable bonds is 8. The monoisotopic (exact) mass is 635 g/mol. The minimum atomic E-state index is -4.74. The zero-order chi connectivity index (χ0) is 30.0. The lowest BCUT2D eigenvalue weighted by atomic mass is 10.1. The molecule has 6 rings (SSSR count). The van der Waals surface area contributed by atoms with Crippen LogP contribution in [0.15, 0.2) is 48.8 Å². The Balaban J connectivity index is 1.26. The Labute approximate surface area is 242 Å². The van der Waals surface area contributed by atoms with Gasteiger partial charge in [-0.25, -0.2) is 4.98 Å². The van der Waals surface area contributed by atoms with Crippen molar-refractivity contribution in [1.29, 1.82) is 0 Å². The normalized spacial score (nSPS) is 23.1. The number of aromatic nitrogens is 4. The third-order valence-corrected chi connectivity index (χ3v) is 11.5. The van der Waals surface area contributed by atoms with Crippen LogP contribution in [0.25, 0.3) is 22.3 Å². The summed E-state index contributed by atoms with van der Waals surface area (Å²) in [5.41, 5.74) is 3.79. The number of benzene rings is 2. The molecule has 4 aromatic rings. The Bertz CT molecular complexity index is 1830. The van der Waals surface area contributed by atoms with Crippen LogP contribution in [0, 0.1) is 0 Å². The zero-order valence-electron chi connectivity index (χ0n) is 21.5. The van der Waals surface area contributed by atoms with Crippen molar-refractivity contribution in [3.8, 4) is 11.1 Å². The summed E-state index contributed by atoms with van der Waals surface area (Å²) >= 11 is 6.23. The van der Waals surface area contributed by atoms with E-state index in [2.05, 4.69) is 20.3 Å². The van der Waals surface area contributed by atoms with Crippen molar-refractivity contribution in [2.75, 3.05) is 17.4 Å². The summed E-state index contributed by atoms with van der Waals surface area (Å²) < 4.78 is 30.5. The predicted molar refractivity (Wildman–Crippen MR) is 151 cm³/mol. The summed E-state index contributed by atoms with van der Waals surface area (Å²) in [6.45, 7) is 0. The van der Waals surface area contributed by atoms with Gasteiger partial charge in [0.15, 0.2) is 29.0 Å². The number of nitrogens with zero attached hydrogens (tertiary/aromatic N) is 4. The number of anilines is 2. The first-order chi connectivity index (χ1) is 19.8. The SMILES string of the molecule is O=C1c2ccccc2-c2cc(Nc3nc(Cl)nc4c3ncn4C3OC(CCP(=O)(O)CP(=O)(O)O)C(O)C3O)ccc21. The lowest BCUT2D eigenvalue weighted by Gasteiger charge is -2.18. The van der Waals surface area contributed by atoms with Crippen LogP contribution in [0.5, 0.6) is 0 Å². The van der Waals surface area contributed by atoms with Crippen molar-refractivity contribution in [1.82, 2.24) is 19.5 Å². The van der Waals surface area contributed by atoms with E-state index < -0.39 is 51.6 Å². The maximum atomic E-state index is 12.7. The van der Waals surface area contributed by atoms with Crippen LogP contribution >= 0.6 is 26.6 Å². The Morgan fingerprint density at radius 2 is 1.69 bits per heavy atom. The van der Waals surface area contributed by atoms with Crippen LogP contribution in [-0.4, -0.2) is 80.6 Å². The van der Waals surface area contributed by atoms with Crippen LogP contribution in [0.4, 0.5) is 11.5 Å². The first-order valence-electron chi connectivity index (χ1n) is 12.6. The van der Waals surface area contributed by atoms with Gasteiger partial charge in [0.1, 0.15) is 18.1 Å². The van der Waals surface area contributed by atoms with Crippen molar-refractivity contribution in [2.45, 2.75) is 31.0 Å². The molecule has 5 atom stereocenters. The molecule has 2 aromatic heterocycles. The largest absolute Gasteiger partial charge is 0.388 e. The van der Waals surface area contributed by atoms with E-state index in [-0.39, 0.29) is 34.5 Å². The fourth-order valence-electron chi connectivity index (χ4n) is 5.29. The van der Waals surface area contributed by atoms with Crippen LogP contribution in [0.3, 0.4) is 0 Å². The van der Waals surface area contributed by atoms with Gasteiger partial charge in [-0.15, -0.1) is 0 Å². The molecule has 2 aliphatic rings. The predicted octanol–water partition coefficient (Wildman–Crippen LogP) is 2.85. The average molecular weight is 636 g/mol. The summed E-state index contributed by atoms with van der Waals surface area (Å²) in [6.07, 6.45) is -4.78. The van der Waals surface area contributed by atoms with Crippen molar-refractivity contribution >= 4 is 55.0 Å². The second-order valence-corrected chi connectivity index (χ2v) is 15.1. The van der Waals surface area contributed by atoms with Crippen molar-refractivity contribution in [2.24, 2.45) is 0 Å². The van der Waals surface area contributed by atoms with Gasteiger partial charge >= 0.3 is 7.60 Å². The minimum Gasteiger partial charge on any atom is -0.388 e. The summed E-state index contributed by atoms with van der Waals surface area (Å²) in [5.74, 6) is -1.03. The number of nitrogens with one attached hydrogen (secondary N) is 1. The number of hydrogen-bond donors (Lipinski definition) is 6. The molecule has 1 aliphatic heterocycles. The molecule has 17 heteroatoms. The molecule has 0 radical (unpaired) electrons. The molecule has 42 heavy (non-hydrogen) atoms. The molecule has 0 amide bonds. The third-order valence-electron chi connectivity index (χ3n) is 7.16. The van der Waals surface area contributed by atoms with E-state index in [0.29, 0.717) is 16.8 Å². The van der Waals surface area contributed by atoms with Gasteiger partial charge in [-0.05, 0) is 47.3 Å². The molecule has 1 aliphatic carbocycles. The first kappa shape index (κ1) is 29.1. The Hall–Kier alpha value is -3.03. The minimum absolute atomic E-state index is 0.0578. The highest BCUT2D eigenvalue weighted by Crippen LogP contribution is 2.55. The molecular weight excluding hydrogens is 612 g/mol. The van der Waals surface area contributed by atoms with E-state index in [4.69, 9.17) is 26.1 Å². The molecule has 0 saturated carbocycles. The van der Waals surface area contributed by atoms with Gasteiger partial charge in [-0.1, -0.05) is 24.3 Å². The van der Waals surface area contributed by atoms with Gasteiger partial charge < -0.3 is 34.9 Å². The van der Waals surface area contributed by atoms with E-state index in [1.165, 1.54) is 10.9 Å². The number of halogens is 1. The number of fused-ring (bicyclic) bond motifs is 4. The Morgan fingerprint density at radius 3 is 2.43 bits per heavy atom. The van der Waals surface area contributed by atoms with Gasteiger partial charge in [0, 0.05) is 23.0 Å². The molecule has 2 aromatic carbocycles. The molecule has 0 spiro atoms. The van der Waals surface area contributed by atoms with E-state index in [9.17, 15) is 29.0 Å². The number of hydrogen-bond acceptors (Lipinski definition) is 10. The molecule has 3 heterocycles. The van der Waals surface area contributed by atoms with Crippen molar-refractivity contribution in [3.05, 3.63) is 65.2 Å². The summed E-state index contributed by atoms with van der Waals surface area (Å²) in [6, 6.07) is 12.6. The molecule has 6 N–H and O–H groups in total.